The Balaban J connectivity index is 1.99. The fourth-order valence-corrected chi connectivity index (χ4v) is 1.37. The summed E-state index contributed by atoms with van der Waals surface area (Å²) in [6.07, 6.45) is 0. The quantitative estimate of drug-likeness (QED) is 0.611. The number of nitrogens with zero attached hydrogens (tertiary/aromatic N) is 4. The van der Waals surface area contributed by atoms with Crippen molar-refractivity contribution in [3.63, 3.8) is 0 Å². The van der Waals surface area contributed by atoms with Gasteiger partial charge in [-0.2, -0.15) is 4.98 Å². The first-order chi connectivity index (χ1) is 6.33. The fourth-order valence-electron chi connectivity index (χ4n) is 1.37. The third-order valence-electron chi connectivity index (χ3n) is 2.33. The summed E-state index contributed by atoms with van der Waals surface area (Å²) in [7, 11) is 0. The minimum atomic E-state index is 0.905. The predicted molar refractivity (Wildman–Crippen MR) is 51.2 cm³/mol. The van der Waals surface area contributed by atoms with Gasteiger partial charge in [-0.25, -0.2) is 4.98 Å². The van der Waals surface area contributed by atoms with Crippen molar-refractivity contribution >= 4 is 11.8 Å². The minimum Gasteiger partial charge on any atom is -0.353 e. The molecule has 0 amide bonds. The Bertz CT molecular complexity index is 311. The highest BCUT2D eigenvalue weighted by atomic mass is 15.4. The molecular formula is C9H12N4. The van der Waals surface area contributed by atoms with Gasteiger partial charge in [0, 0.05) is 37.9 Å². The molecule has 0 atom stereocenters. The molecule has 1 aromatic rings. The molecule has 68 valence electrons. The number of aryl methyl sites for hydroxylation is 1. The van der Waals surface area contributed by atoms with Crippen LogP contribution in [-0.4, -0.2) is 36.1 Å². The summed E-state index contributed by atoms with van der Waals surface area (Å²) in [5.41, 5.74) is 1.07. The second-order valence-electron chi connectivity index (χ2n) is 3.64. The molecule has 2 aliphatic heterocycles. The van der Waals surface area contributed by atoms with Gasteiger partial charge in [0.05, 0.1) is 0 Å². The first-order valence-corrected chi connectivity index (χ1v) is 4.68. The van der Waals surface area contributed by atoms with Gasteiger partial charge in [0.25, 0.3) is 0 Å². The van der Waals surface area contributed by atoms with E-state index < -0.39 is 0 Å². The van der Waals surface area contributed by atoms with Crippen molar-refractivity contribution in [2.75, 3.05) is 36.0 Å². The van der Waals surface area contributed by atoms with E-state index in [9.17, 15) is 0 Å². The molecule has 1 aromatic heterocycles. The summed E-state index contributed by atoms with van der Waals surface area (Å²) in [6, 6.07) is 2.06. The van der Waals surface area contributed by atoms with Crippen molar-refractivity contribution in [3.05, 3.63) is 11.8 Å². The third kappa shape index (κ3) is 1.32. The molecule has 2 saturated heterocycles. The van der Waals surface area contributed by atoms with Gasteiger partial charge in [0.15, 0.2) is 0 Å². The van der Waals surface area contributed by atoms with E-state index in [1.54, 1.807) is 0 Å². The van der Waals surface area contributed by atoms with Gasteiger partial charge >= 0.3 is 0 Å². The monoisotopic (exact) mass is 176 g/mol. The molecule has 0 aromatic carbocycles. The highest BCUT2D eigenvalue weighted by Gasteiger charge is 2.25. The Labute approximate surface area is 77.2 Å². The summed E-state index contributed by atoms with van der Waals surface area (Å²) in [5.74, 6) is 2.00. The second kappa shape index (κ2) is 2.34. The average molecular weight is 176 g/mol. The molecule has 0 unspecified atom stereocenters. The highest BCUT2D eigenvalue weighted by molar-refractivity contribution is 5.51. The molecule has 0 N–H and O–H groups in total. The maximum absolute atomic E-state index is 4.50. The molecule has 0 saturated carbocycles. The number of aromatic nitrogens is 2. The van der Waals surface area contributed by atoms with Gasteiger partial charge in [-0.1, -0.05) is 0 Å². The van der Waals surface area contributed by atoms with Crippen LogP contribution < -0.4 is 9.80 Å². The summed E-state index contributed by atoms with van der Waals surface area (Å²) >= 11 is 0. The van der Waals surface area contributed by atoms with E-state index >= 15 is 0 Å². The van der Waals surface area contributed by atoms with Crippen LogP contribution in [0.2, 0.25) is 0 Å². The lowest BCUT2D eigenvalue weighted by atomic mass is 10.4. The van der Waals surface area contributed by atoms with Crippen LogP contribution in [0.5, 0.6) is 0 Å². The van der Waals surface area contributed by atoms with E-state index in [0.717, 1.165) is 43.6 Å². The van der Waals surface area contributed by atoms with Crippen molar-refractivity contribution in [1.82, 2.24) is 9.97 Å². The van der Waals surface area contributed by atoms with Crippen molar-refractivity contribution in [2.24, 2.45) is 0 Å². The molecule has 4 nitrogen and oxygen atoms in total. The van der Waals surface area contributed by atoms with Gasteiger partial charge in [0.1, 0.15) is 5.82 Å². The van der Waals surface area contributed by atoms with E-state index in [1.165, 1.54) is 0 Å². The Kier molecular flexibility index (Phi) is 1.28. The minimum absolute atomic E-state index is 0.905. The molecule has 4 heteroatoms. The summed E-state index contributed by atoms with van der Waals surface area (Å²) in [5, 5.41) is 0. The van der Waals surface area contributed by atoms with Crippen LogP contribution in [0.15, 0.2) is 6.07 Å². The molecule has 13 heavy (non-hydrogen) atoms. The predicted octanol–water partition coefficient (Wildman–Crippen LogP) is 0.425. The molecule has 2 aliphatic rings. The largest absolute Gasteiger partial charge is 0.353 e. The third-order valence-corrected chi connectivity index (χ3v) is 2.33. The van der Waals surface area contributed by atoms with Crippen LogP contribution in [0.3, 0.4) is 0 Å². The molecular weight excluding hydrogens is 164 g/mol. The first kappa shape index (κ1) is 7.12. The van der Waals surface area contributed by atoms with E-state index in [-0.39, 0.29) is 0 Å². The Hall–Kier alpha value is -1.32. The zero-order chi connectivity index (χ0) is 8.84. The van der Waals surface area contributed by atoms with E-state index in [4.69, 9.17) is 0 Å². The van der Waals surface area contributed by atoms with Crippen molar-refractivity contribution < 1.29 is 0 Å². The topological polar surface area (TPSA) is 31.8 Å². The number of anilines is 2. The molecule has 0 spiro atoms. The smallest absolute Gasteiger partial charge is 0.227 e. The molecule has 0 aliphatic carbocycles. The van der Waals surface area contributed by atoms with Crippen molar-refractivity contribution in [3.8, 4) is 0 Å². The Morgan fingerprint density at radius 1 is 1.08 bits per heavy atom. The average Bonchev–Trinajstić information content (AvgIpc) is 2.98. The molecule has 2 fully saturated rings. The first-order valence-electron chi connectivity index (χ1n) is 4.68. The lowest BCUT2D eigenvalue weighted by Crippen LogP contribution is -2.04. The van der Waals surface area contributed by atoms with E-state index in [2.05, 4.69) is 25.8 Å². The van der Waals surface area contributed by atoms with Gasteiger partial charge in [-0.15, -0.1) is 0 Å². The van der Waals surface area contributed by atoms with Gasteiger partial charge in [0.2, 0.25) is 5.95 Å². The molecule has 3 heterocycles. The summed E-state index contributed by atoms with van der Waals surface area (Å²) < 4.78 is 0. The van der Waals surface area contributed by atoms with Crippen molar-refractivity contribution in [2.45, 2.75) is 6.92 Å². The zero-order valence-corrected chi connectivity index (χ0v) is 7.69. The van der Waals surface area contributed by atoms with Crippen LogP contribution in [-0.2, 0) is 0 Å². The van der Waals surface area contributed by atoms with E-state index in [1.807, 2.05) is 6.92 Å². The molecule has 3 rings (SSSR count). The maximum Gasteiger partial charge on any atom is 0.227 e. The lowest BCUT2D eigenvalue weighted by Gasteiger charge is -2.06. The van der Waals surface area contributed by atoms with Crippen LogP contribution in [0.4, 0.5) is 11.8 Å². The zero-order valence-electron chi connectivity index (χ0n) is 7.69. The number of rotatable bonds is 2. The summed E-state index contributed by atoms with van der Waals surface area (Å²) in [6.45, 7) is 6.55. The second-order valence-corrected chi connectivity index (χ2v) is 3.64. The van der Waals surface area contributed by atoms with Gasteiger partial charge in [-0.05, 0) is 6.92 Å². The van der Waals surface area contributed by atoms with Gasteiger partial charge in [-0.3, -0.25) is 0 Å². The maximum atomic E-state index is 4.50. The van der Waals surface area contributed by atoms with Crippen LogP contribution in [0.1, 0.15) is 5.69 Å². The van der Waals surface area contributed by atoms with Crippen LogP contribution >= 0.6 is 0 Å². The standard InChI is InChI=1S/C9H12N4/c1-7-6-8(12-2-3-12)11-9(10-7)13-4-5-13/h6H,2-5H2,1H3. The number of hydrogen-bond acceptors (Lipinski definition) is 4. The Morgan fingerprint density at radius 2 is 1.77 bits per heavy atom. The van der Waals surface area contributed by atoms with Crippen LogP contribution in [0, 0.1) is 6.92 Å². The highest BCUT2D eigenvalue weighted by Crippen LogP contribution is 2.24. The van der Waals surface area contributed by atoms with Crippen molar-refractivity contribution in [1.29, 1.82) is 0 Å². The van der Waals surface area contributed by atoms with Gasteiger partial charge < -0.3 is 9.80 Å². The van der Waals surface area contributed by atoms with E-state index in [0.29, 0.717) is 0 Å². The molecule has 0 bridgehead atoms. The molecule has 0 radical (unpaired) electrons. The fraction of sp³-hybridized carbons (Fsp3) is 0.556. The SMILES string of the molecule is Cc1cc(N2CC2)nc(N2CC2)n1. The summed E-state index contributed by atoms with van der Waals surface area (Å²) in [4.78, 5) is 13.3. The lowest BCUT2D eigenvalue weighted by molar-refractivity contribution is 1.05. The van der Waals surface area contributed by atoms with Crippen LogP contribution in [0.25, 0.3) is 0 Å². The normalized spacial score (nSPS) is 19.2. The number of hydrogen-bond donors (Lipinski definition) is 0. The Morgan fingerprint density at radius 3 is 2.38 bits per heavy atom.